The van der Waals surface area contributed by atoms with Gasteiger partial charge in [0, 0.05) is 17.5 Å². The maximum absolute atomic E-state index is 14.0. The third-order valence-electron chi connectivity index (χ3n) is 7.06. The van der Waals surface area contributed by atoms with Gasteiger partial charge in [0.05, 0.1) is 19.4 Å². The van der Waals surface area contributed by atoms with E-state index in [4.69, 9.17) is 21.1 Å². The number of hydrogen-bond acceptors (Lipinski definition) is 6. The Balaban J connectivity index is 1.47. The number of carbonyl (C=O) groups excluding carboxylic acids is 1. The number of fused-ring (bicyclic) bond motifs is 2. The molecule has 0 aliphatic carbocycles. The molecule has 2 aliphatic rings. The van der Waals surface area contributed by atoms with Crippen LogP contribution in [0.3, 0.4) is 0 Å². The second-order valence-corrected chi connectivity index (χ2v) is 9.60. The molecule has 0 saturated carbocycles. The van der Waals surface area contributed by atoms with E-state index in [9.17, 15) is 18.0 Å². The van der Waals surface area contributed by atoms with E-state index in [1.54, 1.807) is 24.3 Å². The van der Waals surface area contributed by atoms with Crippen molar-refractivity contribution in [3.63, 3.8) is 0 Å². The summed E-state index contributed by atoms with van der Waals surface area (Å²) in [6.45, 7) is 2.28. The van der Waals surface area contributed by atoms with Crippen molar-refractivity contribution in [1.82, 2.24) is 19.5 Å². The minimum Gasteiger partial charge on any atom is -0.496 e. The van der Waals surface area contributed by atoms with Crippen molar-refractivity contribution in [3.05, 3.63) is 46.7 Å². The fourth-order valence-corrected chi connectivity index (χ4v) is 5.58. The van der Waals surface area contributed by atoms with E-state index in [0.29, 0.717) is 21.9 Å². The maximum Gasteiger partial charge on any atom is 0.433 e. The molecule has 0 spiro atoms. The third kappa shape index (κ3) is 4.64. The number of ether oxygens (including phenoxy) is 2. The van der Waals surface area contributed by atoms with Gasteiger partial charge in [-0.05, 0) is 57.0 Å². The lowest BCUT2D eigenvalue weighted by Crippen LogP contribution is -2.49. The number of para-hydroxylation sites is 1. The highest BCUT2D eigenvalue weighted by Gasteiger charge is 2.38. The molecule has 7 nitrogen and oxygen atoms in total. The van der Waals surface area contributed by atoms with Crippen LogP contribution in [-0.4, -0.2) is 58.3 Å². The minimum absolute atomic E-state index is 0.00594. The summed E-state index contributed by atoms with van der Waals surface area (Å²) in [6.07, 6.45) is 0.562. The van der Waals surface area contributed by atoms with Gasteiger partial charge >= 0.3 is 12.1 Å². The fourth-order valence-electron chi connectivity index (χ4n) is 5.34. The van der Waals surface area contributed by atoms with Gasteiger partial charge in [-0.3, -0.25) is 4.90 Å². The van der Waals surface area contributed by atoms with Crippen LogP contribution in [0.25, 0.3) is 16.9 Å². The summed E-state index contributed by atoms with van der Waals surface area (Å²) in [5.41, 5.74) is -1.43. The number of nitrogens with zero attached hydrogens (tertiary/aromatic N) is 4. The Kier molecular flexibility index (Phi) is 6.82. The lowest BCUT2D eigenvalue weighted by Gasteiger charge is -2.44. The summed E-state index contributed by atoms with van der Waals surface area (Å²) in [4.78, 5) is 19.7. The van der Waals surface area contributed by atoms with Gasteiger partial charge in [0.25, 0.3) is 0 Å². The molecule has 1 aromatic carbocycles. The zero-order valence-corrected chi connectivity index (χ0v) is 20.5. The number of halogens is 4. The van der Waals surface area contributed by atoms with Gasteiger partial charge in [0.1, 0.15) is 10.8 Å². The second kappa shape index (κ2) is 9.89. The van der Waals surface area contributed by atoms with Crippen LogP contribution in [0.4, 0.5) is 13.2 Å². The largest absolute Gasteiger partial charge is 0.496 e. The normalized spacial score (nSPS) is 20.8. The van der Waals surface area contributed by atoms with Gasteiger partial charge in [-0.1, -0.05) is 30.2 Å². The smallest absolute Gasteiger partial charge is 0.433 e. The summed E-state index contributed by atoms with van der Waals surface area (Å²) >= 11 is 6.39. The van der Waals surface area contributed by atoms with Gasteiger partial charge in [0.15, 0.2) is 17.0 Å². The molecule has 0 unspecified atom stereocenters. The molecule has 2 fully saturated rings. The molecular weight excluding hydrogens is 497 g/mol. The standard InChI is InChI=1S/C25H26ClF3N4O3/c1-35-19-10-3-2-8-16(19)17-13-20(25(27,28)29)33-23(30-17)21(26)22(31-33)24(34)36-14-15-7-6-12-32-11-5-4-9-18(15)32/h2-3,8,10,13,15,18H,4-7,9,11-12,14H2,1H3/t15-,18+/m1/s1. The van der Waals surface area contributed by atoms with E-state index in [2.05, 4.69) is 15.0 Å². The number of alkyl halides is 3. The second-order valence-electron chi connectivity index (χ2n) is 9.22. The van der Waals surface area contributed by atoms with Gasteiger partial charge in [0.2, 0.25) is 0 Å². The maximum atomic E-state index is 14.0. The molecule has 36 heavy (non-hydrogen) atoms. The SMILES string of the molecule is COc1ccccc1-c1cc(C(F)(F)F)n2nc(C(=O)OC[C@H]3CCCN4CCCC[C@@H]34)c(Cl)c2n1. The van der Waals surface area contributed by atoms with Crippen molar-refractivity contribution in [2.75, 3.05) is 26.8 Å². The molecule has 0 radical (unpaired) electrons. The van der Waals surface area contributed by atoms with Crippen molar-refractivity contribution < 1.29 is 27.4 Å². The lowest BCUT2D eigenvalue weighted by molar-refractivity contribution is -0.142. The molecule has 2 aromatic heterocycles. The third-order valence-corrected chi connectivity index (χ3v) is 7.40. The van der Waals surface area contributed by atoms with E-state index in [0.717, 1.165) is 44.8 Å². The Morgan fingerprint density at radius 1 is 1.17 bits per heavy atom. The van der Waals surface area contributed by atoms with Crippen LogP contribution in [0.15, 0.2) is 30.3 Å². The molecular formula is C25H26ClF3N4O3. The van der Waals surface area contributed by atoms with Gasteiger partial charge in [-0.25, -0.2) is 14.3 Å². The predicted molar refractivity (Wildman–Crippen MR) is 127 cm³/mol. The number of rotatable bonds is 5. The highest BCUT2D eigenvalue weighted by atomic mass is 35.5. The number of methoxy groups -OCH3 is 1. The van der Waals surface area contributed by atoms with E-state index < -0.39 is 17.8 Å². The van der Waals surface area contributed by atoms with E-state index >= 15 is 0 Å². The van der Waals surface area contributed by atoms with Crippen molar-refractivity contribution in [1.29, 1.82) is 0 Å². The van der Waals surface area contributed by atoms with Crippen molar-refractivity contribution in [2.24, 2.45) is 5.92 Å². The number of benzene rings is 1. The van der Waals surface area contributed by atoms with E-state index in [1.165, 1.54) is 13.5 Å². The fraction of sp³-hybridized carbons (Fsp3) is 0.480. The van der Waals surface area contributed by atoms with Crippen LogP contribution in [0, 0.1) is 5.92 Å². The molecule has 0 N–H and O–H groups in total. The zero-order chi connectivity index (χ0) is 25.4. The summed E-state index contributed by atoms with van der Waals surface area (Å²) in [6, 6.07) is 7.80. The average molecular weight is 523 g/mol. The van der Waals surface area contributed by atoms with E-state index in [1.807, 2.05) is 0 Å². The molecule has 0 amide bonds. The molecule has 5 rings (SSSR count). The van der Waals surface area contributed by atoms with Crippen LogP contribution >= 0.6 is 11.6 Å². The van der Waals surface area contributed by atoms with Crippen molar-refractivity contribution in [3.8, 4) is 17.0 Å². The number of piperidine rings is 2. The number of esters is 1. The van der Waals surface area contributed by atoms with Crippen LogP contribution < -0.4 is 4.74 Å². The van der Waals surface area contributed by atoms with Crippen molar-refractivity contribution >= 4 is 23.2 Å². The molecule has 2 atom stereocenters. The number of aromatic nitrogens is 3. The first-order chi connectivity index (χ1) is 17.3. The molecule has 192 valence electrons. The van der Waals surface area contributed by atoms with Gasteiger partial charge in [-0.15, -0.1) is 0 Å². The first-order valence-electron chi connectivity index (χ1n) is 12.0. The highest BCUT2D eigenvalue weighted by Crippen LogP contribution is 2.37. The summed E-state index contributed by atoms with van der Waals surface area (Å²) < 4.78 is 53.4. The van der Waals surface area contributed by atoms with Crippen molar-refractivity contribution in [2.45, 2.75) is 44.3 Å². The van der Waals surface area contributed by atoms with E-state index in [-0.39, 0.29) is 34.6 Å². The topological polar surface area (TPSA) is 69.0 Å². The summed E-state index contributed by atoms with van der Waals surface area (Å²) in [5, 5.41) is 3.60. The summed E-state index contributed by atoms with van der Waals surface area (Å²) in [5.74, 6) is -0.327. The molecule has 2 saturated heterocycles. The lowest BCUT2D eigenvalue weighted by atomic mass is 9.84. The highest BCUT2D eigenvalue weighted by molar-refractivity contribution is 6.36. The number of hydrogen-bond donors (Lipinski definition) is 0. The number of carbonyl (C=O) groups is 1. The first kappa shape index (κ1) is 24.8. The molecule has 2 aliphatic heterocycles. The zero-order valence-electron chi connectivity index (χ0n) is 19.7. The molecule has 11 heteroatoms. The van der Waals surface area contributed by atoms with Gasteiger partial charge < -0.3 is 9.47 Å². The first-order valence-corrected chi connectivity index (χ1v) is 12.4. The Hall–Kier alpha value is -2.85. The Labute approximate surface area is 211 Å². The predicted octanol–water partition coefficient (Wildman–Crippen LogP) is 5.50. The monoisotopic (exact) mass is 522 g/mol. The quantitative estimate of drug-likeness (QED) is 0.412. The Morgan fingerprint density at radius 3 is 2.72 bits per heavy atom. The van der Waals surface area contributed by atoms with Crippen LogP contribution in [0.2, 0.25) is 5.02 Å². The molecule has 3 aromatic rings. The van der Waals surface area contributed by atoms with Crippen LogP contribution in [0.1, 0.15) is 48.3 Å². The molecule has 0 bridgehead atoms. The Morgan fingerprint density at radius 2 is 1.94 bits per heavy atom. The van der Waals surface area contributed by atoms with Gasteiger partial charge in [-0.2, -0.15) is 18.3 Å². The average Bonchev–Trinajstić information content (AvgIpc) is 3.22. The van der Waals surface area contributed by atoms with Crippen LogP contribution in [-0.2, 0) is 10.9 Å². The van der Waals surface area contributed by atoms with Crippen LogP contribution in [0.5, 0.6) is 5.75 Å². The molecule has 4 heterocycles. The minimum atomic E-state index is -4.78. The summed E-state index contributed by atoms with van der Waals surface area (Å²) in [7, 11) is 1.42. The Bertz CT molecular complexity index is 1280.